The van der Waals surface area contributed by atoms with Crippen molar-refractivity contribution in [1.29, 1.82) is 0 Å². The lowest BCUT2D eigenvalue weighted by atomic mass is 9.96. The number of esters is 1. The van der Waals surface area contributed by atoms with Crippen LogP contribution in [0.3, 0.4) is 0 Å². The zero-order chi connectivity index (χ0) is 22.0. The van der Waals surface area contributed by atoms with Crippen molar-refractivity contribution in [3.63, 3.8) is 0 Å². The van der Waals surface area contributed by atoms with E-state index in [0.29, 0.717) is 26.4 Å². The number of carbonyl (C=O) groups is 1. The molecule has 31 heavy (non-hydrogen) atoms. The highest BCUT2D eigenvalue weighted by atomic mass is 32.1. The largest absolute Gasteiger partial charge is 0.497 e. The molecule has 3 heterocycles. The van der Waals surface area contributed by atoms with Crippen molar-refractivity contribution in [2.75, 3.05) is 13.7 Å². The normalized spacial score (nSPS) is 16.0. The molecular weight excluding hydrogens is 414 g/mol. The van der Waals surface area contributed by atoms with E-state index in [0.717, 1.165) is 11.1 Å². The number of hydrogen-bond acceptors (Lipinski definition) is 7. The molecule has 0 saturated carbocycles. The predicted molar refractivity (Wildman–Crippen MR) is 118 cm³/mol. The highest BCUT2D eigenvalue weighted by molar-refractivity contribution is 7.07. The summed E-state index contributed by atoms with van der Waals surface area (Å²) in [5.41, 5.74) is 2.32. The molecule has 1 aromatic carbocycles. The highest BCUT2D eigenvalue weighted by Gasteiger charge is 2.33. The van der Waals surface area contributed by atoms with E-state index in [4.69, 9.17) is 9.47 Å². The molecule has 7 nitrogen and oxygen atoms in total. The van der Waals surface area contributed by atoms with E-state index >= 15 is 0 Å². The van der Waals surface area contributed by atoms with Crippen LogP contribution in [0.25, 0.3) is 6.08 Å². The third-order valence-corrected chi connectivity index (χ3v) is 5.94. The van der Waals surface area contributed by atoms with Gasteiger partial charge in [-0.25, -0.2) is 9.79 Å². The molecule has 0 fully saturated rings. The quantitative estimate of drug-likeness (QED) is 0.574. The molecule has 0 spiro atoms. The summed E-state index contributed by atoms with van der Waals surface area (Å²) in [6, 6.07) is 10.3. The van der Waals surface area contributed by atoms with Crippen molar-refractivity contribution in [3.8, 4) is 5.75 Å². The number of allylic oxidation sites excluding steroid dienone is 1. The fraction of sp³-hybridized carbons (Fsp3) is 0.217. The maximum atomic E-state index is 13.4. The molecule has 0 amide bonds. The van der Waals surface area contributed by atoms with Crippen LogP contribution in [0, 0.1) is 0 Å². The van der Waals surface area contributed by atoms with Gasteiger partial charge in [0.2, 0.25) is 0 Å². The van der Waals surface area contributed by atoms with E-state index in [2.05, 4.69) is 9.98 Å². The first-order valence-corrected chi connectivity index (χ1v) is 10.6. The van der Waals surface area contributed by atoms with Crippen molar-refractivity contribution in [3.05, 3.63) is 90.9 Å². The van der Waals surface area contributed by atoms with Gasteiger partial charge in [0.25, 0.3) is 5.56 Å². The number of rotatable bonds is 5. The summed E-state index contributed by atoms with van der Waals surface area (Å²) in [5, 5.41) is 0. The molecule has 3 aromatic rings. The summed E-state index contributed by atoms with van der Waals surface area (Å²) in [6.07, 6.45) is 5.15. The number of nitrogens with zero attached hydrogens (tertiary/aromatic N) is 3. The van der Waals surface area contributed by atoms with E-state index in [-0.39, 0.29) is 12.2 Å². The van der Waals surface area contributed by atoms with Gasteiger partial charge in [-0.15, -0.1) is 0 Å². The second kappa shape index (κ2) is 8.69. The Kier molecular flexibility index (Phi) is 5.81. The van der Waals surface area contributed by atoms with Crippen LogP contribution in [0.2, 0.25) is 0 Å². The average Bonchev–Trinajstić information content (AvgIpc) is 3.08. The molecule has 0 radical (unpaired) electrons. The van der Waals surface area contributed by atoms with Gasteiger partial charge in [0.15, 0.2) is 4.80 Å². The highest BCUT2D eigenvalue weighted by Crippen LogP contribution is 2.31. The van der Waals surface area contributed by atoms with Crippen LogP contribution in [0.15, 0.2) is 69.8 Å². The lowest BCUT2D eigenvalue weighted by molar-refractivity contribution is -0.139. The fourth-order valence-corrected chi connectivity index (χ4v) is 4.55. The van der Waals surface area contributed by atoms with Crippen LogP contribution in [-0.2, 0) is 9.53 Å². The van der Waals surface area contributed by atoms with Crippen LogP contribution in [0.1, 0.15) is 31.0 Å². The Balaban J connectivity index is 1.95. The molecular formula is C23H21N3O4S. The van der Waals surface area contributed by atoms with Crippen molar-refractivity contribution in [2.24, 2.45) is 4.99 Å². The second-order valence-corrected chi connectivity index (χ2v) is 7.87. The molecule has 2 aromatic heterocycles. The van der Waals surface area contributed by atoms with Crippen LogP contribution in [0.4, 0.5) is 0 Å². The Morgan fingerprint density at radius 1 is 1.19 bits per heavy atom. The van der Waals surface area contributed by atoms with Gasteiger partial charge in [-0.1, -0.05) is 23.5 Å². The van der Waals surface area contributed by atoms with Crippen molar-refractivity contribution in [1.82, 2.24) is 9.55 Å². The molecule has 1 atom stereocenters. The standard InChI is InChI=1S/C23H21N3O4S/c1-4-30-22(28)19-14(2)25-23-26(20(19)16-5-7-17(29-3)8-6-16)21(27)18(31-23)13-15-9-11-24-12-10-15/h5-13,20H,4H2,1-3H3/b18-13-. The van der Waals surface area contributed by atoms with E-state index in [1.807, 2.05) is 24.3 Å². The zero-order valence-corrected chi connectivity index (χ0v) is 18.2. The monoisotopic (exact) mass is 435 g/mol. The molecule has 1 aliphatic heterocycles. The van der Waals surface area contributed by atoms with E-state index in [9.17, 15) is 9.59 Å². The second-order valence-electron chi connectivity index (χ2n) is 6.86. The number of thiazole rings is 1. The van der Waals surface area contributed by atoms with Crippen LogP contribution in [0.5, 0.6) is 5.75 Å². The Morgan fingerprint density at radius 3 is 2.55 bits per heavy atom. The maximum Gasteiger partial charge on any atom is 0.338 e. The first kappa shape index (κ1) is 20.7. The minimum absolute atomic E-state index is 0.212. The summed E-state index contributed by atoms with van der Waals surface area (Å²) < 4.78 is 12.7. The molecule has 8 heteroatoms. The zero-order valence-electron chi connectivity index (χ0n) is 17.4. The molecule has 158 valence electrons. The summed E-state index contributed by atoms with van der Waals surface area (Å²) in [6.45, 7) is 3.75. The fourth-order valence-electron chi connectivity index (χ4n) is 3.50. The Bertz CT molecular complexity index is 1320. The molecule has 4 rings (SSSR count). The summed E-state index contributed by atoms with van der Waals surface area (Å²) in [5.74, 6) is 0.209. The molecule has 0 aliphatic carbocycles. The Morgan fingerprint density at radius 2 is 1.90 bits per heavy atom. The first-order valence-electron chi connectivity index (χ1n) is 9.77. The number of pyridine rings is 1. The van der Waals surface area contributed by atoms with Gasteiger partial charge in [0, 0.05) is 12.4 Å². The third kappa shape index (κ3) is 3.94. The van der Waals surface area contributed by atoms with Gasteiger partial charge in [-0.2, -0.15) is 0 Å². The van der Waals surface area contributed by atoms with Crippen molar-refractivity contribution >= 4 is 23.4 Å². The van der Waals surface area contributed by atoms with E-state index < -0.39 is 12.0 Å². The SMILES string of the molecule is CCOC(=O)C1=C(C)N=c2s/c(=C\c3ccncc3)c(=O)n2C1c1ccc(OC)cc1. The van der Waals surface area contributed by atoms with Crippen LogP contribution < -0.4 is 19.6 Å². The molecule has 0 bridgehead atoms. The summed E-state index contributed by atoms with van der Waals surface area (Å²) in [4.78, 5) is 35.4. The average molecular weight is 436 g/mol. The van der Waals surface area contributed by atoms with Gasteiger partial charge >= 0.3 is 5.97 Å². The lowest BCUT2D eigenvalue weighted by Crippen LogP contribution is -2.39. The van der Waals surface area contributed by atoms with Gasteiger partial charge in [0.1, 0.15) is 5.75 Å². The van der Waals surface area contributed by atoms with Gasteiger partial charge in [0.05, 0.1) is 35.6 Å². The third-order valence-electron chi connectivity index (χ3n) is 4.95. The summed E-state index contributed by atoms with van der Waals surface area (Å²) >= 11 is 1.29. The topological polar surface area (TPSA) is 82.8 Å². The smallest absolute Gasteiger partial charge is 0.338 e. The van der Waals surface area contributed by atoms with E-state index in [1.165, 1.54) is 11.3 Å². The number of fused-ring (bicyclic) bond motifs is 1. The van der Waals surface area contributed by atoms with Crippen molar-refractivity contribution in [2.45, 2.75) is 19.9 Å². The molecule has 1 aliphatic rings. The minimum Gasteiger partial charge on any atom is -0.497 e. The van der Waals surface area contributed by atoms with Gasteiger partial charge in [-0.3, -0.25) is 14.3 Å². The first-order chi connectivity index (χ1) is 15.0. The predicted octanol–water partition coefficient (Wildman–Crippen LogP) is 2.20. The van der Waals surface area contributed by atoms with E-state index in [1.54, 1.807) is 56.1 Å². The van der Waals surface area contributed by atoms with Crippen LogP contribution >= 0.6 is 11.3 Å². The number of hydrogen-bond donors (Lipinski definition) is 0. The molecule has 0 saturated heterocycles. The summed E-state index contributed by atoms with van der Waals surface area (Å²) in [7, 11) is 1.59. The number of carbonyl (C=O) groups excluding carboxylic acids is 1. The number of methoxy groups -OCH3 is 1. The van der Waals surface area contributed by atoms with Gasteiger partial charge < -0.3 is 9.47 Å². The number of aromatic nitrogens is 2. The molecule has 0 N–H and O–H groups in total. The van der Waals surface area contributed by atoms with Crippen molar-refractivity contribution < 1.29 is 14.3 Å². The Labute approximate surface area is 182 Å². The van der Waals surface area contributed by atoms with Crippen LogP contribution in [-0.4, -0.2) is 29.2 Å². The Hall–Kier alpha value is -3.52. The van der Waals surface area contributed by atoms with Gasteiger partial charge in [-0.05, 0) is 55.3 Å². The maximum absolute atomic E-state index is 13.4. The molecule has 1 unspecified atom stereocenters. The number of ether oxygens (including phenoxy) is 2. The minimum atomic E-state index is -0.638. The lowest BCUT2D eigenvalue weighted by Gasteiger charge is -2.24. The number of benzene rings is 1.